The molecule has 0 atom stereocenters. The molecule has 0 spiro atoms. The summed E-state index contributed by atoms with van der Waals surface area (Å²) in [5.74, 6) is 0.693. The average molecular weight is 237 g/mol. The molecule has 3 rings (SSSR count). The Labute approximate surface area is 106 Å². The van der Waals surface area contributed by atoms with Crippen LogP contribution >= 0.6 is 0 Å². The number of benzene rings is 2. The van der Waals surface area contributed by atoms with E-state index in [0.29, 0.717) is 5.89 Å². The van der Waals surface area contributed by atoms with Gasteiger partial charge in [-0.05, 0) is 50.1 Å². The Morgan fingerprint density at radius 1 is 0.889 bits per heavy atom. The Balaban J connectivity index is 2.19. The van der Waals surface area contributed by atoms with Crippen molar-refractivity contribution in [1.29, 1.82) is 0 Å². The Morgan fingerprint density at radius 2 is 1.61 bits per heavy atom. The summed E-state index contributed by atoms with van der Waals surface area (Å²) < 4.78 is 5.87. The summed E-state index contributed by atoms with van der Waals surface area (Å²) in [5, 5.41) is 0. The second kappa shape index (κ2) is 3.98. The van der Waals surface area contributed by atoms with E-state index in [1.807, 2.05) is 12.1 Å². The molecule has 2 heteroatoms. The molecule has 0 saturated heterocycles. The van der Waals surface area contributed by atoms with Gasteiger partial charge in [-0.25, -0.2) is 4.98 Å². The molecular weight excluding hydrogens is 222 g/mol. The van der Waals surface area contributed by atoms with Gasteiger partial charge in [0.2, 0.25) is 5.89 Å². The molecule has 2 nitrogen and oxygen atoms in total. The van der Waals surface area contributed by atoms with Gasteiger partial charge in [0.05, 0.1) is 0 Å². The van der Waals surface area contributed by atoms with Gasteiger partial charge in [-0.3, -0.25) is 0 Å². The van der Waals surface area contributed by atoms with Crippen molar-refractivity contribution in [3.63, 3.8) is 0 Å². The van der Waals surface area contributed by atoms with Gasteiger partial charge < -0.3 is 4.42 Å². The standard InChI is InChI=1S/C16H15NO/c1-10-4-6-13(7-5-10)16-17-14-9-11(2)8-12(3)15(14)18-16/h4-9H,1-3H3. The Hall–Kier alpha value is -2.09. The van der Waals surface area contributed by atoms with E-state index >= 15 is 0 Å². The van der Waals surface area contributed by atoms with Crippen LogP contribution < -0.4 is 0 Å². The van der Waals surface area contributed by atoms with Crippen molar-refractivity contribution >= 4 is 11.1 Å². The zero-order valence-corrected chi connectivity index (χ0v) is 10.8. The third-order valence-corrected chi connectivity index (χ3v) is 3.12. The Bertz CT molecular complexity index is 708. The summed E-state index contributed by atoms with van der Waals surface area (Å²) in [6, 6.07) is 12.4. The largest absolute Gasteiger partial charge is 0.436 e. The average Bonchev–Trinajstić information content (AvgIpc) is 2.74. The topological polar surface area (TPSA) is 26.0 Å². The van der Waals surface area contributed by atoms with Crippen LogP contribution in [0.4, 0.5) is 0 Å². The van der Waals surface area contributed by atoms with E-state index in [1.165, 1.54) is 11.1 Å². The molecule has 0 aliphatic rings. The van der Waals surface area contributed by atoms with Gasteiger partial charge in [-0.15, -0.1) is 0 Å². The first-order valence-corrected chi connectivity index (χ1v) is 6.08. The summed E-state index contributed by atoms with van der Waals surface area (Å²) >= 11 is 0. The lowest BCUT2D eigenvalue weighted by molar-refractivity contribution is 0.617. The molecule has 0 fully saturated rings. The van der Waals surface area contributed by atoms with Crippen molar-refractivity contribution in [2.45, 2.75) is 20.8 Å². The van der Waals surface area contributed by atoms with Gasteiger partial charge in [0.25, 0.3) is 0 Å². The molecule has 2 aromatic carbocycles. The predicted octanol–water partition coefficient (Wildman–Crippen LogP) is 4.42. The van der Waals surface area contributed by atoms with Gasteiger partial charge in [0.15, 0.2) is 5.58 Å². The molecule has 0 aliphatic heterocycles. The molecule has 90 valence electrons. The van der Waals surface area contributed by atoms with E-state index in [1.54, 1.807) is 0 Å². The van der Waals surface area contributed by atoms with Crippen molar-refractivity contribution in [3.8, 4) is 11.5 Å². The van der Waals surface area contributed by atoms with E-state index in [0.717, 1.165) is 22.2 Å². The van der Waals surface area contributed by atoms with Crippen LogP contribution in [0.15, 0.2) is 40.8 Å². The zero-order chi connectivity index (χ0) is 12.7. The van der Waals surface area contributed by atoms with Gasteiger partial charge in [0.1, 0.15) is 5.52 Å². The van der Waals surface area contributed by atoms with Gasteiger partial charge in [-0.1, -0.05) is 23.8 Å². The SMILES string of the molecule is Cc1ccc(-c2nc3cc(C)cc(C)c3o2)cc1. The van der Waals surface area contributed by atoms with Crippen LogP contribution in [0.2, 0.25) is 0 Å². The van der Waals surface area contributed by atoms with Crippen molar-refractivity contribution < 1.29 is 4.42 Å². The maximum Gasteiger partial charge on any atom is 0.227 e. The number of oxazole rings is 1. The highest BCUT2D eigenvalue weighted by Gasteiger charge is 2.10. The molecule has 1 aromatic heterocycles. The maximum atomic E-state index is 5.87. The smallest absolute Gasteiger partial charge is 0.227 e. The van der Waals surface area contributed by atoms with Crippen LogP contribution in [0.3, 0.4) is 0 Å². The molecule has 0 N–H and O–H groups in total. The first-order chi connectivity index (χ1) is 8.63. The lowest BCUT2D eigenvalue weighted by atomic mass is 10.1. The van der Waals surface area contributed by atoms with Crippen LogP contribution in [0.1, 0.15) is 16.7 Å². The summed E-state index contributed by atoms with van der Waals surface area (Å²) in [5.41, 5.74) is 6.43. The van der Waals surface area contributed by atoms with E-state index < -0.39 is 0 Å². The number of rotatable bonds is 1. The summed E-state index contributed by atoms with van der Waals surface area (Å²) in [4.78, 5) is 4.57. The normalized spacial score (nSPS) is 11.1. The van der Waals surface area contributed by atoms with Crippen LogP contribution in [0, 0.1) is 20.8 Å². The fourth-order valence-corrected chi connectivity index (χ4v) is 2.20. The number of hydrogen-bond acceptors (Lipinski definition) is 2. The molecule has 0 amide bonds. The molecule has 0 unspecified atom stereocenters. The third kappa shape index (κ3) is 1.80. The number of hydrogen-bond donors (Lipinski definition) is 0. The van der Waals surface area contributed by atoms with E-state index in [4.69, 9.17) is 4.42 Å². The van der Waals surface area contributed by atoms with Crippen molar-refractivity contribution in [2.75, 3.05) is 0 Å². The van der Waals surface area contributed by atoms with E-state index in [9.17, 15) is 0 Å². The van der Waals surface area contributed by atoms with Crippen molar-refractivity contribution in [3.05, 3.63) is 53.1 Å². The molecule has 0 radical (unpaired) electrons. The lowest BCUT2D eigenvalue weighted by Gasteiger charge is -1.96. The van der Waals surface area contributed by atoms with Crippen LogP contribution in [0.5, 0.6) is 0 Å². The van der Waals surface area contributed by atoms with Crippen molar-refractivity contribution in [2.24, 2.45) is 0 Å². The van der Waals surface area contributed by atoms with Crippen LogP contribution in [-0.4, -0.2) is 4.98 Å². The van der Waals surface area contributed by atoms with E-state index in [2.05, 4.69) is 50.0 Å². The highest BCUT2D eigenvalue weighted by Crippen LogP contribution is 2.27. The third-order valence-electron chi connectivity index (χ3n) is 3.12. The summed E-state index contributed by atoms with van der Waals surface area (Å²) in [6.07, 6.45) is 0. The minimum atomic E-state index is 0.693. The molecular formula is C16H15NO. The lowest BCUT2D eigenvalue weighted by Crippen LogP contribution is -1.78. The van der Waals surface area contributed by atoms with Crippen LogP contribution in [0.25, 0.3) is 22.6 Å². The molecule has 0 bridgehead atoms. The van der Waals surface area contributed by atoms with Gasteiger partial charge >= 0.3 is 0 Å². The fraction of sp³-hybridized carbons (Fsp3) is 0.188. The molecule has 0 saturated carbocycles. The minimum Gasteiger partial charge on any atom is -0.436 e. The molecule has 18 heavy (non-hydrogen) atoms. The Morgan fingerprint density at radius 3 is 2.33 bits per heavy atom. The summed E-state index contributed by atoms with van der Waals surface area (Å²) in [6.45, 7) is 6.20. The predicted molar refractivity (Wildman–Crippen MR) is 73.7 cm³/mol. The summed E-state index contributed by atoms with van der Waals surface area (Å²) in [7, 11) is 0. The van der Waals surface area contributed by atoms with E-state index in [-0.39, 0.29) is 0 Å². The fourth-order valence-electron chi connectivity index (χ4n) is 2.20. The number of nitrogens with zero attached hydrogens (tertiary/aromatic N) is 1. The number of aryl methyl sites for hydroxylation is 3. The molecule has 1 heterocycles. The van der Waals surface area contributed by atoms with Gasteiger partial charge in [0, 0.05) is 5.56 Å². The highest BCUT2D eigenvalue weighted by atomic mass is 16.3. The number of aromatic nitrogens is 1. The second-order valence-electron chi connectivity index (χ2n) is 4.82. The van der Waals surface area contributed by atoms with Crippen LogP contribution in [-0.2, 0) is 0 Å². The second-order valence-corrected chi connectivity index (χ2v) is 4.82. The minimum absolute atomic E-state index is 0.693. The molecule has 3 aromatic rings. The quantitative estimate of drug-likeness (QED) is 0.626. The monoisotopic (exact) mass is 237 g/mol. The highest BCUT2D eigenvalue weighted by molar-refractivity contribution is 5.80. The zero-order valence-electron chi connectivity index (χ0n) is 10.8. The van der Waals surface area contributed by atoms with Crippen molar-refractivity contribution in [1.82, 2.24) is 4.98 Å². The molecule has 0 aliphatic carbocycles. The first kappa shape index (κ1) is 11.0. The maximum absolute atomic E-state index is 5.87. The first-order valence-electron chi connectivity index (χ1n) is 6.08. The number of fused-ring (bicyclic) bond motifs is 1. The van der Waals surface area contributed by atoms with Gasteiger partial charge in [-0.2, -0.15) is 0 Å². The Kier molecular flexibility index (Phi) is 2.44.